The molecule has 0 bridgehead atoms. The number of anilines is 2. The van der Waals surface area contributed by atoms with E-state index in [0.717, 1.165) is 36.9 Å². The Bertz CT molecular complexity index is 706. The molecule has 0 atom stereocenters. The van der Waals surface area contributed by atoms with Crippen molar-refractivity contribution in [1.82, 2.24) is 9.21 Å². The Morgan fingerprint density at radius 1 is 1.06 bits per heavy atom. The van der Waals surface area contributed by atoms with Gasteiger partial charge in [0.15, 0.2) is 0 Å². The van der Waals surface area contributed by atoms with Gasteiger partial charge in [-0.25, -0.2) is 4.31 Å². The van der Waals surface area contributed by atoms with Crippen molar-refractivity contribution in [2.24, 2.45) is 11.3 Å². The largest absolute Gasteiger partial charge is 0.383 e. The van der Waals surface area contributed by atoms with Gasteiger partial charge in [0.25, 0.3) is 0 Å². The minimum atomic E-state index is 0.286. The second-order valence-electron chi connectivity index (χ2n) is 10.5. The SMILES string of the molecule is CCN(C(=O)CCNc1ccccc1NSN1CCC(C(C)(C)C)CC1)C1CCCCC1. The third kappa shape index (κ3) is 7.31. The first-order valence-electron chi connectivity index (χ1n) is 12.7. The van der Waals surface area contributed by atoms with Crippen molar-refractivity contribution in [3.05, 3.63) is 24.3 Å². The molecule has 0 radical (unpaired) electrons. The number of rotatable bonds is 9. The fraction of sp³-hybridized carbons (Fsp3) is 0.731. The van der Waals surface area contributed by atoms with Crippen LogP contribution in [0.5, 0.6) is 0 Å². The van der Waals surface area contributed by atoms with Gasteiger partial charge in [-0.3, -0.25) is 4.79 Å². The van der Waals surface area contributed by atoms with Crippen LogP contribution < -0.4 is 10.0 Å². The van der Waals surface area contributed by atoms with E-state index in [1.54, 1.807) is 12.1 Å². The van der Waals surface area contributed by atoms with Gasteiger partial charge in [-0.2, -0.15) is 0 Å². The molecule has 6 heteroatoms. The molecule has 1 aromatic carbocycles. The molecule has 1 aliphatic carbocycles. The van der Waals surface area contributed by atoms with E-state index in [2.05, 4.69) is 71.2 Å². The van der Waals surface area contributed by atoms with Crippen molar-refractivity contribution in [2.45, 2.75) is 85.1 Å². The molecule has 2 aliphatic rings. The van der Waals surface area contributed by atoms with Crippen molar-refractivity contribution in [2.75, 3.05) is 36.2 Å². The molecule has 2 fully saturated rings. The minimum absolute atomic E-state index is 0.286. The average molecular weight is 461 g/mol. The quantitative estimate of drug-likeness (QED) is 0.417. The molecule has 0 aromatic heterocycles. The van der Waals surface area contributed by atoms with Crippen molar-refractivity contribution < 1.29 is 4.79 Å². The van der Waals surface area contributed by atoms with Gasteiger partial charge in [0, 0.05) is 50.8 Å². The van der Waals surface area contributed by atoms with E-state index in [4.69, 9.17) is 0 Å². The van der Waals surface area contributed by atoms with Gasteiger partial charge >= 0.3 is 0 Å². The number of hydrogen-bond donors (Lipinski definition) is 2. The molecule has 1 saturated heterocycles. The van der Waals surface area contributed by atoms with Gasteiger partial charge in [0.05, 0.1) is 11.4 Å². The molecule has 3 rings (SSSR count). The zero-order valence-electron chi connectivity index (χ0n) is 20.7. The first-order chi connectivity index (χ1) is 15.4. The molecular weight excluding hydrogens is 416 g/mol. The lowest BCUT2D eigenvalue weighted by molar-refractivity contribution is -0.133. The van der Waals surface area contributed by atoms with Gasteiger partial charge in [-0.1, -0.05) is 52.2 Å². The van der Waals surface area contributed by atoms with Crippen LogP contribution in [-0.4, -0.2) is 47.3 Å². The van der Waals surface area contributed by atoms with Crippen LogP contribution in [0.1, 0.15) is 79.1 Å². The predicted molar refractivity (Wildman–Crippen MR) is 139 cm³/mol. The average Bonchev–Trinajstić information content (AvgIpc) is 2.79. The third-order valence-electron chi connectivity index (χ3n) is 7.22. The van der Waals surface area contributed by atoms with Gasteiger partial charge < -0.3 is 14.9 Å². The molecular formula is C26H44N4OS. The zero-order chi connectivity index (χ0) is 23.0. The van der Waals surface area contributed by atoms with Crippen molar-refractivity contribution in [3.8, 4) is 0 Å². The van der Waals surface area contributed by atoms with Crippen LogP contribution in [0.3, 0.4) is 0 Å². The standard InChI is InChI=1S/C26H44N4OS/c1-5-30(22-11-7-6-8-12-22)25(31)15-18-27-23-13-9-10-14-24(23)28-32-29-19-16-21(17-20-29)26(2,3)4/h9-10,13-14,21-22,27-28H,5-8,11-12,15-20H2,1-4H3. The number of para-hydroxylation sites is 2. The molecule has 1 heterocycles. The number of hydrogen-bond acceptors (Lipinski definition) is 5. The number of amides is 1. The number of nitrogens with one attached hydrogen (secondary N) is 2. The summed E-state index contributed by atoms with van der Waals surface area (Å²) in [6.45, 7) is 12.9. The van der Waals surface area contributed by atoms with Crippen LogP contribution >= 0.6 is 12.1 Å². The molecule has 32 heavy (non-hydrogen) atoms. The lowest BCUT2D eigenvalue weighted by atomic mass is 9.76. The third-order valence-corrected chi connectivity index (χ3v) is 8.16. The summed E-state index contributed by atoms with van der Waals surface area (Å²) in [5.74, 6) is 1.09. The second kappa shape index (κ2) is 12.2. The van der Waals surface area contributed by atoms with E-state index in [0.29, 0.717) is 24.4 Å². The highest BCUT2D eigenvalue weighted by Crippen LogP contribution is 2.36. The smallest absolute Gasteiger partial charge is 0.224 e. The van der Waals surface area contributed by atoms with E-state index >= 15 is 0 Å². The Hall–Kier alpha value is -1.40. The van der Waals surface area contributed by atoms with Crippen LogP contribution in [0.15, 0.2) is 24.3 Å². The van der Waals surface area contributed by atoms with E-state index in [9.17, 15) is 4.79 Å². The zero-order valence-corrected chi connectivity index (χ0v) is 21.5. The Balaban J connectivity index is 1.44. The van der Waals surface area contributed by atoms with Crippen LogP contribution in [0.25, 0.3) is 0 Å². The number of carbonyl (C=O) groups excluding carboxylic acids is 1. The summed E-state index contributed by atoms with van der Waals surface area (Å²) in [7, 11) is 0. The summed E-state index contributed by atoms with van der Waals surface area (Å²) >= 11 is 1.71. The Labute approximate surface area is 200 Å². The molecule has 1 aromatic rings. The molecule has 2 N–H and O–H groups in total. The van der Waals surface area contributed by atoms with E-state index < -0.39 is 0 Å². The van der Waals surface area contributed by atoms with Crippen LogP contribution in [-0.2, 0) is 4.79 Å². The maximum Gasteiger partial charge on any atom is 0.224 e. The van der Waals surface area contributed by atoms with Gasteiger partial charge in [0.2, 0.25) is 5.91 Å². The first kappa shape index (κ1) is 25.2. The number of benzene rings is 1. The maximum absolute atomic E-state index is 12.8. The second-order valence-corrected chi connectivity index (χ2v) is 11.4. The highest BCUT2D eigenvalue weighted by molar-refractivity contribution is 7.98. The highest BCUT2D eigenvalue weighted by atomic mass is 32.2. The fourth-order valence-corrected chi connectivity index (χ4v) is 5.93. The predicted octanol–water partition coefficient (Wildman–Crippen LogP) is 6.40. The summed E-state index contributed by atoms with van der Waals surface area (Å²) in [5.41, 5.74) is 2.56. The van der Waals surface area contributed by atoms with E-state index in [1.165, 1.54) is 44.9 Å². The molecule has 1 aliphatic heterocycles. The summed E-state index contributed by atoms with van der Waals surface area (Å²) in [6.07, 6.45) is 9.25. The normalized spacial score (nSPS) is 19.0. The Morgan fingerprint density at radius 2 is 1.72 bits per heavy atom. The van der Waals surface area contributed by atoms with Gasteiger partial charge in [-0.15, -0.1) is 0 Å². The molecule has 1 saturated carbocycles. The van der Waals surface area contributed by atoms with Crippen molar-refractivity contribution in [1.29, 1.82) is 0 Å². The lowest BCUT2D eigenvalue weighted by Crippen LogP contribution is -2.41. The van der Waals surface area contributed by atoms with Crippen LogP contribution in [0.2, 0.25) is 0 Å². The number of carbonyl (C=O) groups is 1. The summed E-state index contributed by atoms with van der Waals surface area (Å²) in [6, 6.07) is 8.77. The Kier molecular flexibility index (Phi) is 9.60. The van der Waals surface area contributed by atoms with Crippen LogP contribution in [0.4, 0.5) is 11.4 Å². The molecule has 1 amide bonds. The van der Waals surface area contributed by atoms with E-state index in [-0.39, 0.29) is 5.91 Å². The minimum Gasteiger partial charge on any atom is -0.383 e. The number of piperidine rings is 1. The molecule has 0 spiro atoms. The lowest BCUT2D eigenvalue weighted by Gasteiger charge is -2.38. The number of nitrogens with zero attached hydrogens (tertiary/aromatic N) is 2. The molecule has 180 valence electrons. The Morgan fingerprint density at radius 3 is 2.34 bits per heavy atom. The van der Waals surface area contributed by atoms with Crippen molar-refractivity contribution in [3.63, 3.8) is 0 Å². The fourth-order valence-electron chi connectivity index (χ4n) is 5.13. The first-order valence-corrected chi connectivity index (χ1v) is 13.5. The van der Waals surface area contributed by atoms with Gasteiger partial charge in [0.1, 0.15) is 0 Å². The highest BCUT2D eigenvalue weighted by Gasteiger charge is 2.29. The van der Waals surface area contributed by atoms with Crippen LogP contribution in [0, 0.1) is 11.3 Å². The van der Waals surface area contributed by atoms with Crippen molar-refractivity contribution >= 4 is 29.4 Å². The topological polar surface area (TPSA) is 47.6 Å². The summed E-state index contributed by atoms with van der Waals surface area (Å²) in [5, 5.41) is 3.50. The monoisotopic (exact) mass is 460 g/mol. The summed E-state index contributed by atoms with van der Waals surface area (Å²) in [4.78, 5) is 15.0. The summed E-state index contributed by atoms with van der Waals surface area (Å²) < 4.78 is 5.98. The molecule has 5 nitrogen and oxygen atoms in total. The maximum atomic E-state index is 12.8. The van der Waals surface area contributed by atoms with Gasteiger partial charge in [-0.05, 0) is 56.1 Å². The van der Waals surface area contributed by atoms with E-state index in [1.807, 2.05) is 0 Å². The molecule has 0 unspecified atom stereocenters.